The number of hydrogen-bond acceptors (Lipinski definition) is 3. The van der Waals surface area contributed by atoms with Crippen molar-refractivity contribution in [3.8, 4) is 5.75 Å². The van der Waals surface area contributed by atoms with Crippen molar-refractivity contribution in [2.24, 2.45) is 0 Å². The Morgan fingerprint density at radius 1 is 1.00 bits per heavy atom. The van der Waals surface area contributed by atoms with Gasteiger partial charge in [0.1, 0.15) is 5.75 Å². The molecule has 2 aromatic carbocycles. The van der Waals surface area contributed by atoms with Crippen LogP contribution in [0.15, 0.2) is 54.6 Å². The summed E-state index contributed by atoms with van der Waals surface area (Å²) in [5.74, 6) is -0.115. The van der Waals surface area contributed by atoms with Crippen LogP contribution in [0.25, 0.3) is 0 Å². The Hall–Kier alpha value is -2.33. The molecular formula is C16H14ClNO3. The molecular weight excluding hydrogens is 290 g/mol. The monoisotopic (exact) mass is 303 g/mol. The molecule has 5 heteroatoms. The van der Waals surface area contributed by atoms with E-state index < -0.39 is 11.4 Å². The molecule has 0 fully saturated rings. The smallest absolute Gasteiger partial charge is 0.252 e. The molecule has 0 aliphatic carbocycles. The van der Waals surface area contributed by atoms with Crippen LogP contribution < -0.4 is 10.1 Å². The summed E-state index contributed by atoms with van der Waals surface area (Å²) in [4.78, 5) is 24.0. The van der Waals surface area contributed by atoms with Gasteiger partial charge in [-0.15, -0.1) is 0 Å². The molecule has 0 radical (unpaired) electrons. The van der Waals surface area contributed by atoms with E-state index in [1.807, 2.05) is 0 Å². The highest BCUT2D eigenvalue weighted by atomic mass is 35.5. The maximum absolute atomic E-state index is 12.0. The van der Waals surface area contributed by atoms with Crippen LogP contribution in [0, 0.1) is 0 Å². The molecule has 0 bridgehead atoms. The first-order valence-corrected chi connectivity index (χ1v) is 6.73. The number of rotatable bonds is 5. The van der Waals surface area contributed by atoms with Crippen molar-refractivity contribution < 1.29 is 14.3 Å². The van der Waals surface area contributed by atoms with E-state index in [1.54, 1.807) is 61.7 Å². The largest absolute Gasteiger partial charge is 0.497 e. The lowest BCUT2D eigenvalue weighted by Crippen LogP contribution is -2.36. The average molecular weight is 304 g/mol. The van der Waals surface area contributed by atoms with Gasteiger partial charge in [-0.1, -0.05) is 41.9 Å². The zero-order valence-electron chi connectivity index (χ0n) is 11.4. The number of halogens is 1. The summed E-state index contributed by atoms with van der Waals surface area (Å²) in [6, 6.07) is 15.1. The SMILES string of the molecule is COc1ccc(C(=O)N[C@@H](Cl)C(=O)c2ccccc2)cc1. The molecule has 0 heterocycles. The lowest BCUT2D eigenvalue weighted by Gasteiger charge is -2.11. The van der Waals surface area contributed by atoms with E-state index in [-0.39, 0.29) is 5.78 Å². The molecule has 1 amide bonds. The van der Waals surface area contributed by atoms with E-state index in [2.05, 4.69) is 5.32 Å². The van der Waals surface area contributed by atoms with Gasteiger partial charge in [-0.25, -0.2) is 0 Å². The second kappa shape index (κ2) is 6.90. The number of alkyl halides is 1. The number of nitrogens with one attached hydrogen (secondary N) is 1. The fraction of sp³-hybridized carbons (Fsp3) is 0.125. The van der Waals surface area contributed by atoms with Crippen LogP contribution in [0.3, 0.4) is 0 Å². The van der Waals surface area contributed by atoms with Crippen LogP contribution in [0.5, 0.6) is 5.75 Å². The normalized spacial score (nSPS) is 11.5. The molecule has 1 N–H and O–H groups in total. The number of benzene rings is 2. The van der Waals surface area contributed by atoms with Crippen molar-refractivity contribution in [2.75, 3.05) is 7.11 Å². The van der Waals surface area contributed by atoms with E-state index in [0.29, 0.717) is 16.9 Å². The third-order valence-corrected chi connectivity index (χ3v) is 3.21. The maximum atomic E-state index is 12.0. The Labute approximate surface area is 127 Å². The van der Waals surface area contributed by atoms with Crippen molar-refractivity contribution in [1.29, 1.82) is 0 Å². The molecule has 1 atom stereocenters. The van der Waals surface area contributed by atoms with Gasteiger partial charge in [0.25, 0.3) is 5.91 Å². The van der Waals surface area contributed by atoms with Crippen molar-refractivity contribution in [3.63, 3.8) is 0 Å². The van der Waals surface area contributed by atoms with Gasteiger partial charge in [0.05, 0.1) is 7.11 Å². The standard InChI is InChI=1S/C16H14ClNO3/c1-21-13-9-7-12(8-10-13)16(20)18-15(17)14(19)11-5-3-2-4-6-11/h2-10,15H,1H3,(H,18,20)/t15-/m1/s1. The topological polar surface area (TPSA) is 55.4 Å². The van der Waals surface area contributed by atoms with Crippen molar-refractivity contribution in [1.82, 2.24) is 5.32 Å². The van der Waals surface area contributed by atoms with E-state index in [9.17, 15) is 9.59 Å². The molecule has 2 rings (SSSR count). The third kappa shape index (κ3) is 3.83. The number of amides is 1. The molecule has 0 aliphatic rings. The predicted octanol–water partition coefficient (Wildman–Crippen LogP) is 2.87. The Balaban J connectivity index is 2.03. The van der Waals surface area contributed by atoms with Gasteiger partial charge in [-0.2, -0.15) is 0 Å². The minimum absolute atomic E-state index is 0.348. The van der Waals surface area contributed by atoms with E-state index in [0.717, 1.165) is 0 Å². The molecule has 2 aromatic rings. The number of carbonyl (C=O) groups excluding carboxylic acids is 2. The third-order valence-electron chi connectivity index (χ3n) is 2.90. The minimum atomic E-state index is -1.11. The quantitative estimate of drug-likeness (QED) is 0.525. The molecule has 0 unspecified atom stereocenters. The van der Waals surface area contributed by atoms with Crippen LogP contribution in [0.4, 0.5) is 0 Å². The second-order valence-corrected chi connectivity index (χ2v) is 4.73. The van der Waals surface area contributed by atoms with Gasteiger partial charge in [0, 0.05) is 11.1 Å². The Kier molecular flexibility index (Phi) is 4.95. The Morgan fingerprint density at radius 2 is 1.62 bits per heavy atom. The van der Waals surface area contributed by atoms with Crippen LogP contribution in [0.1, 0.15) is 20.7 Å². The van der Waals surface area contributed by atoms with Crippen molar-refractivity contribution in [3.05, 3.63) is 65.7 Å². The number of methoxy groups -OCH3 is 1. The van der Waals surface area contributed by atoms with Gasteiger partial charge in [0.2, 0.25) is 0 Å². The summed E-state index contributed by atoms with van der Waals surface area (Å²) in [6.07, 6.45) is 0. The van der Waals surface area contributed by atoms with Crippen LogP contribution in [-0.4, -0.2) is 24.3 Å². The summed E-state index contributed by atoms with van der Waals surface area (Å²) in [5.41, 5.74) is -0.253. The van der Waals surface area contributed by atoms with E-state index in [4.69, 9.17) is 16.3 Å². The zero-order chi connectivity index (χ0) is 15.2. The highest BCUT2D eigenvalue weighted by Gasteiger charge is 2.19. The maximum Gasteiger partial charge on any atom is 0.252 e. The van der Waals surface area contributed by atoms with Gasteiger partial charge >= 0.3 is 0 Å². The minimum Gasteiger partial charge on any atom is -0.497 e. The summed E-state index contributed by atoms with van der Waals surface area (Å²) in [6.45, 7) is 0. The first-order chi connectivity index (χ1) is 10.1. The second-order valence-electron chi connectivity index (χ2n) is 4.29. The molecule has 0 spiro atoms. The molecule has 0 aromatic heterocycles. The summed E-state index contributed by atoms with van der Waals surface area (Å²) in [7, 11) is 1.54. The average Bonchev–Trinajstić information content (AvgIpc) is 2.55. The lowest BCUT2D eigenvalue weighted by atomic mass is 10.1. The first kappa shape index (κ1) is 15.1. The van der Waals surface area contributed by atoms with Gasteiger partial charge in [0.15, 0.2) is 11.3 Å². The molecule has 0 aliphatic heterocycles. The molecule has 0 saturated carbocycles. The lowest BCUT2D eigenvalue weighted by molar-refractivity contribution is 0.0889. The zero-order valence-corrected chi connectivity index (χ0v) is 12.1. The van der Waals surface area contributed by atoms with Gasteiger partial charge in [-0.05, 0) is 24.3 Å². The summed E-state index contributed by atoms with van der Waals surface area (Å²) >= 11 is 5.96. The Bertz CT molecular complexity index is 626. The number of carbonyl (C=O) groups is 2. The van der Waals surface area contributed by atoms with Gasteiger partial charge in [-0.3, -0.25) is 9.59 Å². The van der Waals surface area contributed by atoms with Crippen molar-refractivity contribution >= 4 is 23.3 Å². The summed E-state index contributed by atoms with van der Waals surface area (Å²) in [5, 5.41) is 2.47. The fourth-order valence-corrected chi connectivity index (χ4v) is 1.98. The summed E-state index contributed by atoms with van der Waals surface area (Å²) < 4.78 is 5.01. The number of ether oxygens (including phenoxy) is 1. The molecule has 108 valence electrons. The van der Waals surface area contributed by atoms with Crippen molar-refractivity contribution in [2.45, 2.75) is 5.50 Å². The number of Topliss-reactive ketones (excluding diaryl/α,β-unsaturated/α-hetero) is 1. The van der Waals surface area contributed by atoms with E-state index >= 15 is 0 Å². The van der Waals surface area contributed by atoms with Crippen LogP contribution >= 0.6 is 11.6 Å². The predicted molar refractivity (Wildman–Crippen MR) is 80.9 cm³/mol. The number of ketones is 1. The van der Waals surface area contributed by atoms with E-state index in [1.165, 1.54) is 0 Å². The molecule has 4 nitrogen and oxygen atoms in total. The molecule has 21 heavy (non-hydrogen) atoms. The first-order valence-electron chi connectivity index (χ1n) is 6.30. The fourth-order valence-electron chi connectivity index (χ4n) is 1.76. The van der Waals surface area contributed by atoms with Crippen LogP contribution in [-0.2, 0) is 0 Å². The highest BCUT2D eigenvalue weighted by molar-refractivity contribution is 6.34. The Morgan fingerprint density at radius 3 is 2.19 bits per heavy atom. The molecule has 0 saturated heterocycles. The number of hydrogen-bond donors (Lipinski definition) is 1. The van der Waals surface area contributed by atoms with Gasteiger partial charge < -0.3 is 10.1 Å². The highest BCUT2D eigenvalue weighted by Crippen LogP contribution is 2.12. The van der Waals surface area contributed by atoms with Crippen LogP contribution in [0.2, 0.25) is 0 Å².